The van der Waals surface area contributed by atoms with Crippen molar-refractivity contribution in [2.75, 3.05) is 4.90 Å². The number of aryl methyl sites for hydroxylation is 2. The van der Waals surface area contributed by atoms with E-state index in [0.717, 1.165) is 19.5 Å². The standard InChI is InChI=1S/C22H20N2/c1-2-7-16(8-3-1)14-24-15-18-9-4-5-11-19(18)20-13-17-10-6-12-21(17)23-22(20)24/h1-5,7-9,11,13H,6,10,12,14-15H2. The zero-order valence-corrected chi connectivity index (χ0v) is 13.7. The van der Waals surface area contributed by atoms with E-state index in [1.54, 1.807) is 0 Å². The van der Waals surface area contributed by atoms with Crippen molar-refractivity contribution >= 4 is 5.82 Å². The first-order chi connectivity index (χ1) is 11.9. The van der Waals surface area contributed by atoms with Gasteiger partial charge in [-0.05, 0) is 47.6 Å². The van der Waals surface area contributed by atoms with Crippen LogP contribution in [-0.2, 0) is 25.9 Å². The lowest BCUT2D eigenvalue weighted by molar-refractivity contribution is 0.770. The highest BCUT2D eigenvalue weighted by molar-refractivity contribution is 5.82. The molecule has 2 aromatic carbocycles. The SMILES string of the molecule is c1ccc(CN2Cc3ccccc3-c3cc4c(nc32)CCC4)cc1. The fourth-order valence-corrected chi connectivity index (χ4v) is 4.04. The average molecular weight is 312 g/mol. The molecule has 24 heavy (non-hydrogen) atoms. The normalized spacial score (nSPS) is 14.9. The summed E-state index contributed by atoms with van der Waals surface area (Å²) in [4.78, 5) is 7.53. The lowest BCUT2D eigenvalue weighted by Gasteiger charge is -2.32. The zero-order valence-electron chi connectivity index (χ0n) is 13.7. The average Bonchev–Trinajstić information content (AvgIpc) is 3.09. The third-order valence-electron chi connectivity index (χ3n) is 5.22. The fraction of sp³-hybridized carbons (Fsp3) is 0.227. The monoisotopic (exact) mass is 312 g/mol. The van der Waals surface area contributed by atoms with E-state index in [-0.39, 0.29) is 0 Å². The third-order valence-corrected chi connectivity index (χ3v) is 5.22. The van der Waals surface area contributed by atoms with E-state index in [1.807, 2.05) is 0 Å². The Morgan fingerprint density at radius 3 is 2.58 bits per heavy atom. The molecular weight excluding hydrogens is 292 g/mol. The Morgan fingerprint density at radius 1 is 0.833 bits per heavy atom. The van der Waals surface area contributed by atoms with Crippen LogP contribution in [0, 0.1) is 0 Å². The van der Waals surface area contributed by atoms with Gasteiger partial charge >= 0.3 is 0 Å². The minimum Gasteiger partial charge on any atom is -0.347 e. The molecule has 1 aliphatic heterocycles. The van der Waals surface area contributed by atoms with Gasteiger partial charge in [0.25, 0.3) is 0 Å². The zero-order chi connectivity index (χ0) is 15.9. The van der Waals surface area contributed by atoms with Crippen molar-refractivity contribution in [1.29, 1.82) is 0 Å². The van der Waals surface area contributed by atoms with Gasteiger partial charge in [-0.2, -0.15) is 0 Å². The molecule has 0 saturated heterocycles. The summed E-state index contributed by atoms with van der Waals surface area (Å²) in [5, 5.41) is 0. The molecule has 0 spiro atoms. The van der Waals surface area contributed by atoms with Gasteiger partial charge in [-0.25, -0.2) is 4.98 Å². The summed E-state index contributed by atoms with van der Waals surface area (Å²) in [7, 11) is 0. The highest BCUT2D eigenvalue weighted by Crippen LogP contribution is 2.40. The number of fused-ring (bicyclic) bond motifs is 4. The molecule has 2 heterocycles. The van der Waals surface area contributed by atoms with Crippen molar-refractivity contribution in [3.63, 3.8) is 0 Å². The summed E-state index contributed by atoms with van der Waals surface area (Å²) in [6.07, 6.45) is 3.55. The molecule has 0 bridgehead atoms. The van der Waals surface area contributed by atoms with Crippen molar-refractivity contribution in [3.8, 4) is 11.1 Å². The molecule has 0 N–H and O–H groups in total. The van der Waals surface area contributed by atoms with Crippen LogP contribution in [0.25, 0.3) is 11.1 Å². The van der Waals surface area contributed by atoms with E-state index in [9.17, 15) is 0 Å². The summed E-state index contributed by atoms with van der Waals surface area (Å²) in [5.74, 6) is 1.17. The Hall–Kier alpha value is -2.61. The summed E-state index contributed by atoms with van der Waals surface area (Å²) in [6.45, 7) is 1.85. The Kier molecular flexibility index (Phi) is 3.15. The minimum absolute atomic E-state index is 0.911. The van der Waals surface area contributed by atoms with Crippen LogP contribution in [0.1, 0.15) is 28.8 Å². The van der Waals surface area contributed by atoms with Crippen molar-refractivity contribution in [2.45, 2.75) is 32.4 Å². The molecule has 0 radical (unpaired) electrons. The van der Waals surface area contributed by atoms with Crippen LogP contribution in [0.4, 0.5) is 5.82 Å². The van der Waals surface area contributed by atoms with Crippen molar-refractivity contribution < 1.29 is 0 Å². The number of pyridine rings is 1. The predicted octanol–water partition coefficient (Wildman–Crippen LogP) is 4.76. The van der Waals surface area contributed by atoms with E-state index in [4.69, 9.17) is 4.98 Å². The Labute approximate surface area is 142 Å². The molecule has 0 saturated carbocycles. The fourth-order valence-electron chi connectivity index (χ4n) is 4.04. The number of aromatic nitrogens is 1. The molecule has 5 rings (SSSR count). The van der Waals surface area contributed by atoms with Crippen molar-refractivity contribution in [3.05, 3.63) is 83.0 Å². The number of nitrogens with zero attached hydrogens (tertiary/aromatic N) is 2. The smallest absolute Gasteiger partial charge is 0.137 e. The molecule has 118 valence electrons. The molecule has 0 amide bonds. The van der Waals surface area contributed by atoms with Crippen LogP contribution in [0.15, 0.2) is 60.7 Å². The first kappa shape index (κ1) is 13.8. The Balaban J connectivity index is 1.64. The van der Waals surface area contributed by atoms with Crippen LogP contribution < -0.4 is 4.90 Å². The minimum atomic E-state index is 0.911. The largest absolute Gasteiger partial charge is 0.347 e. The summed E-state index contributed by atoms with van der Waals surface area (Å²) in [6, 6.07) is 21.9. The first-order valence-electron chi connectivity index (χ1n) is 8.78. The number of benzene rings is 2. The van der Waals surface area contributed by atoms with Gasteiger partial charge in [-0.15, -0.1) is 0 Å². The van der Waals surface area contributed by atoms with Gasteiger partial charge in [-0.3, -0.25) is 0 Å². The van der Waals surface area contributed by atoms with Crippen LogP contribution >= 0.6 is 0 Å². The maximum Gasteiger partial charge on any atom is 0.137 e. The summed E-state index contributed by atoms with van der Waals surface area (Å²) < 4.78 is 0. The van der Waals surface area contributed by atoms with Crippen LogP contribution in [0.2, 0.25) is 0 Å². The van der Waals surface area contributed by atoms with Gasteiger partial charge in [0.2, 0.25) is 0 Å². The van der Waals surface area contributed by atoms with E-state index in [0.29, 0.717) is 0 Å². The lowest BCUT2D eigenvalue weighted by atomic mass is 9.94. The predicted molar refractivity (Wildman–Crippen MR) is 98.0 cm³/mol. The molecule has 2 nitrogen and oxygen atoms in total. The van der Waals surface area contributed by atoms with E-state index in [2.05, 4.69) is 65.6 Å². The third kappa shape index (κ3) is 2.22. The van der Waals surface area contributed by atoms with E-state index >= 15 is 0 Å². The second-order valence-electron chi connectivity index (χ2n) is 6.82. The van der Waals surface area contributed by atoms with Crippen molar-refractivity contribution in [1.82, 2.24) is 4.98 Å². The molecule has 0 fully saturated rings. The van der Waals surface area contributed by atoms with Gasteiger partial charge in [-0.1, -0.05) is 54.6 Å². The van der Waals surface area contributed by atoms with Gasteiger partial charge in [0.05, 0.1) is 0 Å². The van der Waals surface area contributed by atoms with E-state index < -0.39 is 0 Å². The highest BCUT2D eigenvalue weighted by atomic mass is 15.2. The van der Waals surface area contributed by atoms with Crippen LogP contribution in [0.5, 0.6) is 0 Å². The van der Waals surface area contributed by atoms with Gasteiger partial charge < -0.3 is 4.90 Å². The number of hydrogen-bond donors (Lipinski definition) is 0. The first-order valence-corrected chi connectivity index (χ1v) is 8.78. The number of anilines is 1. The summed E-state index contributed by atoms with van der Waals surface area (Å²) >= 11 is 0. The highest BCUT2D eigenvalue weighted by Gasteiger charge is 2.26. The molecule has 2 heteroatoms. The second-order valence-corrected chi connectivity index (χ2v) is 6.82. The Bertz CT molecular complexity index is 897. The second kappa shape index (κ2) is 5.48. The van der Waals surface area contributed by atoms with Crippen molar-refractivity contribution in [2.24, 2.45) is 0 Å². The van der Waals surface area contributed by atoms with Crippen LogP contribution in [0.3, 0.4) is 0 Å². The Morgan fingerprint density at radius 2 is 1.67 bits per heavy atom. The van der Waals surface area contributed by atoms with Gasteiger partial charge in [0.1, 0.15) is 5.82 Å². The lowest BCUT2D eigenvalue weighted by Crippen LogP contribution is -2.27. The molecular formula is C22H20N2. The molecule has 3 aromatic rings. The number of hydrogen-bond acceptors (Lipinski definition) is 2. The van der Waals surface area contributed by atoms with E-state index in [1.165, 1.54) is 52.2 Å². The molecule has 1 aromatic heterocycles. The maximum absolute atomic E-state index is 5.10. The topological polar surface area (TPSA) is 16.1 Å². The van der Waals surface area contributed by atoms with Crippen LogP contribution in [-0.4, -0.2) is 4.98 Å². The van der Waals surface area contributed by atoms with Gasteiger partial charge in [0.15, 0.2) is 0 Å². The number of rotatable bonds is 2. The maximum atomic E-state index is 5.10. The summed E-state index contributed by atoms with van der Waals surface area (Å²) in [5.41, 5.74) is 8.18. The molecule has 1 aliphatic carbocycles. The molecule has 0 atom stereocenters. The van der Waals surface area contributed by atoms with Gasteiger partial charge in [0, 0.05) is 24.3 Å². The molecule has 0 unspecified atom stereocenters. The quantitative estimate of drug-likeness (QED) is 0.678. The molecule has 2 aliphatic rings.